The quantitative estimate of drug-likeness (QED) is 0.805. The van der Waals surface area contributed by atoms with Gasteiger partial charge < -0.3 is 10.1 Å². The highest BCUT2D eigenvalue weighted by atomic mass is 79.9. The Morgan fingerprint density at radius 1 is 1.33 bits per heavy atom. The lowest BCUT2D eigenvalue weighted by Crippen LogP contribution is -2.05. The molecule has 1 heterocycles. The summed E-state index contributed by atoms with van der Waals surface area (Å²) in [7, 11) is 1.83. The fourth-order valence-corrected chi connectivity index (χ4v) is 2.59. The monoisotopic (exact) mass is 369 g/mol. The summed E-state index contributed by atoms with van der Waals surface area (Å²) in [4.78, 5) is 8.96. The first kappa shape index (κ1) is 16.0. The molecule has 21 heavy (non-hydrogen) atoms. The number of rotatable bonds is 5. The van der Waals surface area contributed by atoms with Crippen LogP contribution in [0.1, 0.15) is 24.7 Å². The smallest absolute Gasteiger partial charge is 0.227 e. The molecule has 1 aromatic carbocycles. The van der Waals surface area contributed by atoms with E-state index in [1.807, 2.05) is 26.1 Å². The van der Waals surface area contributed by atoms with Crippen LogP contribution >= 0.6 is 27.5 Å². The standard InChI is InChI=1S/C15H17BrClN3O/c1-4-5-13-19-14(18-3)9(2)15(20-13)21-12-7-6-10(16)8-11(12)17/h6-8H,4-5H2,1-3H3,(H,18,19,20). The fourth-order valence-electron chi connectivity index (χ4n) is 1.88. The first-order valence-corrected chi connectivity index (χ1v) is 7.90. The van der Waals surface area contributed by atoms with Gasteiger partial charge in [-0.15, -0.1) is 0 Å². The Bertz CT molecular complexity index is 649. The van der Waals surface area contributed by atoms with Crippen molar-refractivity contribution in [3.05, 3.63) is 39.1 Å². The third-order valence-corrected chi connectivity index (χ3v) is 3.75. The molecule has 0 radical (unpaired) electrons. The van der Waals surface area contributed by atoms with Gasteiger partial charge in [-0.1, -0.05) is 34.5 Å². The van der Waals surface area contributed by atoms with Gasteiger partial charge in [0.15, 0.2) is 0 Å². The maximum absolute atomic E-state index is 6.19. The molecular weight excluding hydrogens is 354 g/mol. The van der Waals surface area contributed by atoms with Crippen LogP contribution in [0.2, 0.25) is 5.02 Å². The van der Waals surface area contributed by atoms with E-state index >= 15 is 0 Å². The second-order valence-electron chi connectivity index (χ2n) is 4.60. The van der Waals surface area contributed by atoms with Crippen molar-refractivity contribution in [2.45, 2.75) is 26.7 Å². The Morgan fingerprint density at radius 3 is 2.71 bits per heavy atom. The Labute approximate surface area is 138 Å². The third kappa shape index (κ3) is 3.86. The summed E-state index contributed by atoms with van der Waals surface area (Å²) in [6, 6.07) is 5.48. The minimum atomic E-state index is 0.530. The number of ether oxygens (including phenoxy) is 1. The first-order chi connectivity index (χ1) is 10.0. The largest absolute Gasteiger partial charge is 0.437 e. The predicted octanol–water partition coefficient (Wildman–Crippen LogP) is 4.99. The van der Waals surface area contributed by atoms with Crippen molar-refractivity contribution in [2.75, 3.05) is 12.4 Å². The van der Waals surface area contributed by atoms with Crippen molar-refractivity contribution in [2.24, 2.45) is 0 Å². The number of halogens is 2. The van der Waals surface area contributed by atoms with E-state index in [0.29, 0.717) is 16.7 Å². The number of nitrogens with one attached hydrogen (secondary N) is 1. The van der Waals surface area contributed by atoms with Gasteiger partial charge in [-0.25, -0.2) is 4.98 Å². The van der Waals surface area contributed by atoms with Gasteiger partial charge in [-0.2, -0.15) is 4.98 Å². The fraction of sp³-hybridized carbons (Fsp3) is 0.333. The topological polar surface area (TPSA) is 47.0 Å². The van der Waals surface area contributed by atoms with Gasteiger partial charge in [-0.3, -0.25) is 0 Å². The molecule has 0 aliphatic heterocycles. The van der Waals surface area contributed by atoms with Crippen LogP contribution in [0.25, 0.3) is 0 Å². The van der Waals surface area contributed by atoms with Gasteiger partial charge in [-0.05, 0) is 31.5 Å². The molecule has 0 unspecified atom stereocenters. The molecule has 2 aromatic rings. The summed E-state index contributed by atoms with van der Waals surface area (Å²) in [6.07, 6.45) is 1.78. The number of aromatic nitrogens is 2. The Kier molecular flexibility index (Phi) is 5.42. The molecule has 6 heteroatoms. The molecular formula is C15H17BrClN3O. The summed E-state index contributed by atoms with van der Waals surface area (Å²) in [5.41, 5.74) is 0.858. The number of aryl methyl sites for hydroxylation is 1. The summed E-state index contributed by atoms with van der Waals surface area (Å²) < 4.78 is 6.79. The number of benzene rings is 1. The molecule has 2 rings (SSSR count). The zero-order valence-electron chi connectivity index (χ0n) is 12.2. The minimum Gasteiger partial charge on any atom is -0.437 e. The number of hydrogen-bond acceptors (Lipinski definition) is 4. The van der Waals surface area contributed by atoms with E-state index in [-0.39, 0.29) is 0 Å². The SMILES string of the molecule is CCCc1nc(NC)c(C)c(Oc2ccc(Br)cc2Cl)n1. The molecule has 1 N–H and O–H groups in total. The molecule has 1 aromatic heterocycles. The lowest BCUT2D eigenvalue weighted by atomic mass is 10.2. The van der Waals surface area contributed by atoms with Crippen LogP contribution < -0.4 is 10.1 Å². The number of nitrogens with zero attached hydrogens (tertiary/aromatic N) is 2. The zero-order valence-corrected chi connectivity index (χ0v) is 14.5. The van der Waals surface area contributed by atoms with Crippen LogP contribution in [0, 0.1) is 6.92 Å². The van der Waals surface area contributed by atoms with Crippen LogP contribution in [0.5, 0.6) is 11.6 Å². The van der Waals surface area contributed by atoms with Gasteiger partial charge in [0.1, 0.15) is 17.4 Å². The van der Waals surface area contributed by atoms with Crippen molar-refractivity contribution >= 4 is 33.3 Å². The molecule has 0 fully saturated rings. The zero-order chi connectivity index (χ0) is 15.4. The molecule has 0 amide bonds. The van der Waals surface area contributed by atoms with Gasteiger partial charge in [0.25, 0.3) is 0 Å². The lowest BCUT2D eigenvalue weighted by Gasteiger charge is -2.13. The van der Waals surface area contributed by atoms with E-state index in [9.17, 15) is 0 Å². The van der Waals surface area contributed by atoms with E-state index in [2.05, 4.69) is 38.1 Å². The number of hydrogen-bond donors (Lipinski definition) is 1. The van der Waals surface area contributed by atoms with Crippen molar-refractivity contribution < 1.29 is 4.74 Å². The van der Waals surface area contributed by atoms with Gasteiger partial charge in [0, 0.05) is 17.9 Å². The van der Waals surface area contributed by atoms with E-state index in [1.165, 1.54) is 0 Å². The second-order valence-corrected chi connectivity index (χ2v) is 5.92. The van der Waals surface area contributed by atoms with E-state index in [0.717, 1.165) is 34.5 Å². The Morgan fingerprint density at radius 2 is 2.10 bits per heavy atom. The molecule has 0 aliphatic carbocycles. The van der Waals surface area contributed by atoms with E-state index in [1.54, 1.807) is 6.07 Å². The maximum atomic E-state index is 6.19. The summed E-state index contributed by atoms with van der Waals surface area (Å²) >= 11 is 9.57. The molecule has 0 aliphatic rings. The first-order valence-electron chi connectivity index (χ1n) is 6.73. The van der Waals surface area contributed by atoms with Crippen molar-refractivity contribution in [1.29, 1.82) is 0 Å². The normalized spacial score (nSPS) is 10.5. The molecule has 0 atom stereocenters. The number of anilines is 1. The van der Waals surface area contributed by atoms with Gasteiger partial charge >= 0.3 is 0 Å². The molecule has 112 valence electrons. The summed E-state index contributed by atoms with van der Waals surface area (Å²) in [5, 5.41) is 3.61. The molecule has 0 saturated heterocycles. The van der Waals surface area contributed by atoms with Crippen LogP contribution in [-0.2, 0) is 6.42 Å². The average Bonchev–Trinajstić information content (AvgIpc) is 2.45. The minimum absolute atomic E-state index is 0.530. The highest BCUT2D eigenvalue weighted by Gasteiger charge is 2.13. The molecule has 0 saturated carbocycles. The molecule has 4 nitrogen and oxygen atoms in total. The summed E-state index contributed by atoms with van der Waals surface area (Å²) in [5.74, 6) is 2.64. The second kappa shape index (κ2) is 7.09. The third-order valence-electron chi connectivity index (χ3n) is 2.96. The average molecular weight is 371 g/mol. The molecule has 0 spiro atoms. The highest BCUT2D eigenvalue weighted by Crippen LogP contribution is 2.33. The van der Waals surface area contributed by atoms with Crippen molar-refractivity contribution in [3.63, 3.8) is 0 Å². The van der Waals surface area contributed by atoms with Crippen LogP contribution in [0.3, 0.4) is 0 Å². The summed E-state index contributed by atoms with van der Waals surface area (Å²) in [6.45, 7) is 4.01. The van der Waals surface area contributed by atoms with Crippen LogP contribution in [0.4, 0.5) is 5.82 Å². The van der Waals surface area contributed by atoms with Crippen molar-refractivity contribution in [3.8, 4) is 11.6 Å². The Hall–Kier alpha value is -1.33. The highest BCUT2D eigenvalue weighted by molar-refractivity contribution is 9.10. The van der Waals surface area contributed by atoms with Crippen LogP contribution in [0.15, 0.2) is 22.7 Å². The van der Waals surface area contributed by atoms with E-state index in [4.69, 9.17) is 16.3 Å². The maximum Gasteiger partial charge on any atom is 0.227 e. The van der Waals surface area contributed by atoms with E-state index < -0.39 is 0 Å². The predicted molar refractivity (Wildman–Crippen MR) is 89.5 cm³/mol. The van der Waals surface area contributed by atoms with Gasteiger partial charge in [0.2, 0.25) is 5.88 Å². The van der Waals surface area contributed by atoms with Crippen LogP contribution in [-0.4, -0.2) is 17.0 Å². The van der Waals surface area contributed by atoms with Crippen molar-refractivity contribution in [1.82, 2.24) is 9.97 Å². The lowest BCUT2D eigenvalue weighted by molar-refractivity contribution is 0.454. The Balaban J connectivity index is 2.40. The molecule has 0 bridgehead atoms. The van der Waals surface area contributed by atoms with Gasteiger partial charge in [0.05, 0.1) is 10.6 Å².